The van der Waals surface area contributed by atoms with Crippen LogP contribution in [0.4, 0.5) is 5.69 Å². The van der Waals surface area contributed by atoms with E-state index in [-0.39, 0.29) is 5.56 Å². The number of aromatic nitrogens is 3. The van der Waals surface area contributed by atoms with Crippen LogP contribution in [0.5, 0.6) is 11.5 Å². The number of ether oxygens (including phenoxy) is 2. The van der Waals surface area contributed by atoms with Gasteiger partial charge < -0.3 is 14.8 Å². The van der Waals surface area contributed by atoms with Crippen molar-refractivity contribution in [1.29, 1.82) is 0 Å². The molecule has 0 saturated carbocycles. The third-order valence-electron chi connectivity index (χ3n) is 4.06. The molecule has 0 saturated heterocycles. The van der Waals surface area contributed by atoms with Crippen molar-refractivity contribution in [2.24, 2.45) is 0 Å². The molecule has 4 aromatic rings. The SMILES string of the molecule is O=C(COC(=O)c1ccc2nncn2c1)Nc1ccc(Oc2ccccc2Cl)cc1. The summed E-state index contributed by atoms with van der Waals surface area (Å²) in [6.07, 6.45) is 3.01. The highest BCUT2D eigenvalue weighted by Crippen LogP contribution is 2.29. The lowest BCUT2D eigenvalue weighted by Crippen LogP contribution is -2.21. The lowest BCUT2D eigenvalue weighted by atomic mass is 10.3. The number of carbonyl (C=O) groups excluding carboxylic acids is 2. The highest BCUT2D eigenvalue weighted by Gasteiger charge is 2.12. The molecule has 9 heteroatoms. The standard InChI is InChI=1S/C21H15ClN4O4/c22-17-3-1-2-4-18(17)30-16-8-6-15(7-9-16)24-20(27)12-29-21(28)14-5-10-19-25-23-13-26(19)11-14/h1-11,13H,12H2,(H,24,27). The first-order chi connectivity index (χ1) is 14.6. The van der Waals surface area contributed by atoms with Crippen molar-refractivity contribution in [1.82, 2.24) is 14.6 Å². The van der Waals surface area contributed by atoms with Crippen molar-refractivity contribution in [2.45, 2.75) is 0 Å². The highest BCUT2D eigenvalue weighted by atomic mass is 35.5. The maximum Gasteiger partial charge on any atom is 0.340 e. The number of hydrogen-bond donors (Lipinski definition) is 1. The fourth-order valence-corrected chi connectivity index (χ4v) is 2.79. The van der Waals surface area contributed by atoms with E-state index in [0.29, 0.717) is 27.9 Å². The number of benzene rings is 2. The Bertz CT molecular complexity index is 1210. The van der Waals surface area contributed by atoms with Gasteiger partial charge in [0.2, 0.25) is 0 Å². The minimum Gasteiger partial charge on any atom is -0.456 e. The summed E-state index contributed by atoms with van der Waals surface area (Å²) in [6, 6.07) is 17.0. The second-order valence-electron chi connectivity index (χ2n) is 6.20. The van der Waals surface area contributed by atoms with Crippen LogP contribution < -0.4 is 10.1 Å². The molecule has 150 valence electrons. The molecule has 2 heterocycles. The van der Waals surface area contributed by atoms with Crippen LogP contribution in [0.1, 0.15) is 10.4 Å². The van der Waals surface area contributed by atoms with Gasteiger partial charge in [-0.2, -0.15) is 0 Å². The topological polar surface area (TPSA) is 94.8 Å². The van der Waals surface area contributed by atoms with Crippen molar-refractivity contribution >= 4 is 34.8 Å². The maximum absolute atomic E-state index is 12.1. The van der Waals surface area contributed by atoms with Crippen LogP contribution in [-0.2, 0) is 9.53 Å². The average molecular weight is 423 g/mol. The fraction of sp³-hybridized carbons (Fsp3) is 0.0476. The van der Waals surface area contributed by atoms with Crippen molar-refractivity contribution in [3.05, 3.63) is 83.8 Å². The second kappa shape index (κ2) is 8.62. The number of nitrogens with one attached hydrogen (secondary N) is 1. The summed E-state index contributed by atoms with van der Waals surface area (Å²) < 4.78 is 12.3. The summed E-state index contributed by atoms with van der Waals surface area (Å²) in [5.74, 6) is 0.0159. The number of nitrogens with zero attached hydrogens (tertiary/aromatic N) is 3. The first-order valence-electron chi connectivity index (χ1n) is 8.87. The van der Waals surface area contributed by atoms with E-state index in [2.05, 4.69) is 15.5 Å². The Morgan fingerprint density at radius 3 is 2.63 bits per heavy atom. The van der Waals surface area contributed by atoms with E-state index in [4.69, 9.17) is 21.1 Å². The number of para-hydroxylation sites is 1. The molecule has 1 amide bonds. The molecule has 0 aliphatic heterocycles. The number of esters is 1. The molecule has 0 fully saturated rings. The van der Waals surface area contributed by atoms with Gasteiger partial charge in [-0.05, 0) is 48.5 Å². The zero-order valence-corrected chi connectivity index (χ0v) is 16.2. The van der Waals surface area contributed by atoms with Gasteiger partial charge in [0, 0.05) is 11.9 Å². The van der Waals surface area contributed by atoms with Gasteiger partial charge in [0.05, 0.1) is 10.6 Å². The minimum atomic E-state index is -0.621. The number of halogens is 1. The van der Waals surface area contributed by atoms with Gasteiger partial charge in [0.25, 0.3) is 5.91 Å². The third kappa shape index (κ3) is 4.56. The smallest absolute Gasteiger partial charge is 0.340 e. The molecule has 0 bridgehead atoms. The molecule has 0 aliphatic carbocycles. The lowest BCUT2D eigenvalue weighted by molar-refractivity contribution is -0.119. The first kappa shape index (κ1) is 19.4. The Morgan fingerprint density at radius 2 is 1.83 bits per heavy atom. The van der Waals surface area contributed by atoms with Crippen LogP contribution >= 0.6 is 11.6 Å². The van der Waals surface area contributed by atoms with Crippen LogP contribution in [0.15, 0.2) is 73.2 Å². The number of anilines is 1. The second-order valence-corrected chi connectivity index (χ2v) is 6.60. The number of fused-ring (bicyclic) bond motifs is 1. The minimum absolute atomic E-state index is 0.288. The van der Waals surface area contributed by atoms with Crippen molar-refractivity contribution in [3.8, 4) is 11.5 Å². The predicted molar refractivity (Wildman–Crippen MR) is 110 cm³/mol. The quantitative estimate of drug-likeness (QED) is 0.472. The Labute approximate surface area is 176 Å². The summed E-state index contributed by atoms with van der Waals surface area (Å²) in [5.41, 5.74) is 1.43. The van der Waals surface area contributed by atoms with E-state index < -0.39 is 18.5 Å². The molecule has 1 N–H and O–H groups in total. The van der Waals surface area contributed by atoms with Gasteiger partial charge in [-0.15, -0.1) is 10.2 Å². The first-order valence-corrected chi connectivity index (χ1v) is 9.25. The van der Waals surface area contributed by atoms with Crippen molar-refractivity contribution < 1.29 is 19.1 Å². The lowest BCUT2D eigenvalue weighted by Gasteiger charge is -2.09. The van der Waals surface area contributed by atoms with Crippen LogP contribution in [-0.4, -0.2) is 33.1 Å². The molecule has 30 heavy (non-hydrogen) atoms. The zero-order chi connectivity index (χ0) is 20.9. The highest BCUT2D eigenvalue weighted by molar-refractivity contribution is 6.32. The van der Waals surface area contributed by atoms with Crippen molar-refractivity contribution in [3.63, 3.8) is 0 Å². The van der Waals surface area contributed by atoms with Crippen molar-refractivity contribution in [2.75, 3.05) is 11.9 Å². The number of amides is 1. The Balaban J connectivity index is 1.30. The van der Waals surface area contributed by atoms with E-state index in [1.807, 2.05) is 12.1 Å². The van der Waals surface area contributed by atoms with E-state index >= 15 is 0 Å². The van der Waals surface area contributed by atoms with Crippen LogP contribution in [0.3, 0.4) is 0 Å². The van der Waals surface area contributed by atoms with E-state index in [9.17, 15) is 9.59 Å². The predicted octanol–water partition coefficient (Wildman–Crippen LogP) is 3.97. The Hall–Kier alpha value is -3.91. The monoisotopic (exact) mass is 422 g/mol. The molecule has 0 spiro atoms. The van der Waals surface area contributed by atoms with Gasteiger partial charge in [-0.3, -0.25) is 9.20 Å². The molecular weight excluding hydrogens is 408 g/mol. The molecule has 0 aliphatic rings. The maximum atomic E-state index is 12.1. The van der Waals surface area contributed by atoms with Gasteiger partial charge in [-0.25, -0.2) is 4.79 Å². The molecule has 0 unspecified atom stereocenters. The number of rotatable bonds is 6. The summed E-state index contributed by atoms with van der Waals surface area (Å²) in [6.45, 7) is -0.420. The Kier molecular flexibility index (Phi) is 5.58. The molecular formula is C21H15ClN4O4. The summed E-state index contributed by atoms with van der Waals surface area (Å²) in [7, 11) is 0. The summed E-state index contributed by atoms with van der Waals surface area (Å²) >= 11 is 6.07. The third-order valence-corrected chi connectivity index (χ3v) is 4.38. The molecule has 0 radical (unpaired) electrons. The number of carbonyl (C=O) groups is 2. The molecule has 8 nitrogen and oxygen atoms in total. The number of pyridine rings is 1. The molecule has 0 atom stereocenters. The normalized spacial score (nSPS) is 10.6. The Morgan fingerprint density at radius 1 is 1.03 bits per heavy atom. The summed E-state index contributed by atoms with van der Waals surface area (Å²) in [5, 5.41) is 10.7. The van der Waals surface area contributed by atoms with Crippen LogP contribution in [0, 0.1) is 0 Å². The average Bonchev–Trinajstić information content (AvgIpc) is 3.23. The van der Waals surface area contributed by atoms with Crippen LogP contribution in [0.25, 0.3) is 5.65 Å². The fourth-order valence-electron chi connectivity index (χ4n) is 2.62. The van der Waals surface area contributed by atoms with Crippen LogP contribution in [0.2, 0.25) is 5.02 Å². The van der Waals surface area contributed by atoms with Gasteiger partial charge in [0.1, 0.15) is 17.8 Å². The largest absolute Gasteiger partial charge is 0.456 e. The summed E-state index contributed by atoms with van der Waals surface area (Å²) in [4.78, 5) is 24.2. The van der Waals surface area contributed by atoms with E-state index in [1.165, 1.54) is 12.5 Å². The molecule has 2 aromatic carbocycles. The van der Waals surface area contributed by atoms with Gasteiger partial charge >= 0.3 is 5.97 Å². The number of hydrogen-bond acceptors (Lipinski definition) is 6. The molecule has 4 rings (SSSR count). The molecule has 2 aromatic heterocycles. The zero-order valence-electron chi connectivity index (χ0n) is 15.5. The van der Waals surface area contributed by atoms with Gasteiger partial charge in [-0.1, -0.05) is 23.7 Å². The van der Waals surface area contributed by atoms with E-state index in [1.54, 1.807) is 52.9 Å². The van der Waals surface area contributed by atoms with Gasteiger partial charge in [0.15, 0.2) is 12.3 Å². The van der Waals surface area contributed by atoms with E-state index in [0.717, 1.165) is 0 Å².